The van der Waals surface area contributed by atoms with Gasteiger partial charge in [-0.2, -0.15) is 0 Å². The monoisotopic (exact) mass is 435 g/mol. The third kappa shape index (κ3) is 5.38. The van der Waals surface area contributed by atoms with Gasteiger partial charge in [-0.25, -0.2) is 9.97 Å². The van der Waals surface area contributed by atoms with Gasteiger partial charge in [0.25, 0.3) is 0 Å². The molecule has 1 amide bonds. The molecule has 0 radical (unpaired) electrons. The van der Waals surface area contributed by atoms with E-state index in [0.29, 0.717) is 21.7 Å². The van der Waals surface area contributed by atoms with Gasteiger partial charge in [-0.1, -0.05) is 37.0 Å². The second-order valence-electron chi connectivity index (χ2n) is 7.69. The van der Waals surface area contributed by atoms with Gasteiger partial charge in [0.05, 0.1) is 16.8 Å². The molecule has 156 valence electrons. The molecule has 2 aromatic rings. The van der Waals surface area contributed by atoms with Gasteiger partial charge in [0.15, 0.2) is 0 Å². The van der Waals surface area contributed by atoms with Crippen LogP contribution in [0, 0.1) is 6.92 Å². The van der Waals surface area contributed by atoms with Crippen molar-refractivity contribution in [3.05, 3.63) is 45.8 Å². The lowest BCUT2D eigenvalue weighted by Gasteiger charge is -2.38. The van der Waals surface area contributed by atoms with Crippen LogP contribution in [0.4, 0.5) is 11.5 Å². The minimum absolute atomic E-state index is 0.0809. The Kier molecular flexibility index (Phi) is 6.98. The van der Waals surface area contributed by atoms with Crippen molar-refractivity contribution in [2.24, 2.45) is 0 Å². The van der Waals surface area contributed by atoms with Gasteiger partial charge in [0.1, 0.15) is 11.6 Å². The minimum Gasteiger partial charge on any atom is -0.354 e. The Labute approximate surface area is 182 Å². The Morgan fingerprint density at radius 3 is 2.38 bits per heavy atom. The summed E-state index contributed by atoms with van der Waals surface area (Å²) < 4.78 is 0. The molecule has 6 nitrogen and oxygen atoms in total. The molecule has 1 unspecified atom stereocenters. The molecule has 29 heavy (non-hydrogen) atoms. The SMILES string of the molecule is Cc1cc(N2CCN(C(C)C(=O)Nc3ccc(Cl)cc3Cl)CC2)nc(C(C)C)n1. The van der Waals surface area contributed by atoms with E-state index < -0.39 is 0 Å². The molecule has 1 atom stereocenters. The minimum atomic E-state index is -0.262. The first-order valence-corrected chi connectivity index (χ1v) is 10.6. The molecule has 3 rings (SSSR count). The Morgan fingerprint density at radius 1 is 1.07 bits per heavy atom. The van der Waals surface area contributed by atoms with Crippen LogP contribution in [-0.4, -0.2) is 53.0 Å². The van der Waals surface area contributed by atoms with Crippen LogP contribution in [0.5, 0.6) is 0 Å². The number of benzene rings is 1. The van der Waals surface area contributed by atoms with E-state index in [9.17, 15) is 4.79 Å². The van der Waals surface area contributed by atoms with Gasteiger partial charge in [0, 0.05) is 48.9 Å². The second kappa shape index (κ2) is 9.28. The molecule has 1 saturated heterocycles. The Morgan fingerprint density at radius 2 is 1.76 bits per heavy atom. The number of piperazine rings is 1. The number of aryl methyl sites for hydroxylation is 1. The first kappa shape index (κ1) is 21.8. The summed E-state index contributed by atoms with van der Waals surface area (Å²) in [7, 11) is 0. The van der Waals surface area contributed by atoms with E-state index in [1.54, 1.807) is 18.2 Å². The Balaban J connectivity index is 1.60. The van der Waals surface area contributed by atoms with Gasteiger partial charge in [-0.05, 0) is 32.0 Å². The lowest BCUT2D eigenvalue weighted by atomic mass is 10.2. The number of aromatic nitrogens is 2. The molecule has 2 heterocycles. The molecule has 1 N–H and O–H groups in total. The topological polar surface area (TPSA) is 61.4 Å². The van der Waals surface area contributed by atoms with Crippen LogP contribution in [0.25, 0.3) is 0 Å². The van der Waals surface area contributed by atoms with E-state index in [4.69, 9.17) is 28.2 Å². The van der Waals surface area contributed by atoms with Crippen LogP contribution < -0.4 is 10.2 Å². The molecule has 1 aromatic carbocycles. The highest BCUT2D eigenvalue weighted by Crippen LogP contribution is 2.26. The molecule has 0 aliphatic carbocycles. The number of anilines is 2. The highest BCUT2D eigenvalue weighted by Gasteiger charge is 2.27. The van der Waals surface area contributed by atoms with Crippen LogP contribution in [-0.2, 0) is 4.79 Å². The molecule has 1 aromatic heterocycles. The molecule has 0 spiro atoms. The molecule has 1 aliphatic heterocycles. The molecular formula is C21H27Cl2N5O. The normalized spacial score (nSPS) is 16.2. The van der Waals surface area contributed by atoms with E-state index in [1.165, 1.54) is 0 Å². The van der Waals surface area contributed by atoms with E-state index in [1.807, 2.05) is 19.9 Å². The van der Waals surface area contributed by atoms with E-state index in [2.05, 4.69) is 33.9 Å². The van der Waals surface area contributed by atoms with E-state index >= 15 is 0 Å². The average Bonchev–Trinajstić information content (AvgIpc) is 2.69. The zero-order valence-electron chi connectivity index (χ0n) is 17.2. The molecular weight excluding hydrogens is 409 g/mol. The summed E-state index contributed by atoms with van der Waals surface area (Å²) >= 11 is 12.1. The zero-order valence-corrected chi connectivity index (χ0v) is 18.8. The lowest BCUT2D eigenvalue weighted by Crippen LogP contribution is -2.53. The molecule has 0 bridgehead atoms. The fraction of sp³-hybridized carbons (Fsp3) is 0.476. The van der Waals surface area contributed by atoms with Crippen LogP contribution in [0.2, 0.25) is 10.0 Å². The van der Waals surface area contributed by atoms with Crippen molar-refractivity contribution in [2.75, 3.05) is 36.4 Å². The van der Waals surface area contributed by atoms with Crippen LogP contribution in [0.3, 0.4) is 0 Å². The summed E-state index contributed by atoms with van der Waals surface area (Å²) in [5.41, 5.74) is 1.55. The Hall–Kier alpha value is -1.89. The Bertz CT molecular complexity index is 881. The average molecular weight is 436 g/mol. The maximum atomic E-state index is 12.7. The van der Waals surface area contributed by atoms with E-state index in [-0.39, 0.29) is 11.9 Å². The number of nitrogens with zero attached hydrogens (tertiary/aromatic N) is 4. The summed E-state index contributed by atoms with van der Waals surface area (Å²) in [6.07, 6.45) is 0. The summed E-state index contributed by atoms with van der Waals surface area (Å²) in [5, 5.41) is 3.87. The lowest BCUT2D eigenvalue weighted by molar-refractivity contribution is -0.120. The summed E-state index contributed by atoms with van der Waals surface area (Å²) in [4.78, 5) is 26.4. The van der Waals surface area contributed by atoms with Crippen molar-refractivity contribution in [1.82, 2.24) is 14.9 Å². The predicted molar refractivity (Wildman–Crippen MR) is 119 cm³/mol. The summed E-state index contributed by atoms with van der Waals surface area (Å²) in [6, 6.07) is 6.82. The van der Waals surface area contributed by atoms with Crippen LogP contribution in [0.1, 0.15) is 38.2 Å². The summed E-state index contributed by atoms with van der Waals surface area (Å²) in [6.45, 7) is 11.3. The smallest absolute Gasteiger partial charge is 0.241 e. The fourth-order valence-corrected chi connectivity index (χ4v) is 3.78. The van der Waals surface area contributed by atoms with Gasteiger partial charge in [-0.15, -0.1) is 0 Å². The summed E-state index contributed by atoms with van der Waals surface area (Å²) in [5.74, 6) is 2.04. The number of carbonyl (C=O) groups excluding carboxylic acids is 1. The number of amides is 1. The van der Waals surface area contributed by atoms with Gasteiger partial charge in [-0.3, -0.25) is 9.69 Å². The quantitative estimate of drug-likeness (QED) is 0.755. The maximum absolute atomic E-state index is 12.7. The molecule has 1 fully saturated rings. The van der Waals surface area contributed by atoms with Gasteiger partial charge < -0.3 is 10.2 Å². The zero-order chi connectivity index (χ0) is 21.1. The van der Waals surface area contributed by atoms with Gasteiger partial charge in [0.2, 0.25) is 5.91 Å². The number of hydrogen-bond acceptors (Lipinski definition) is 5. The fourth-order valence-electron chi connectivity index (χ4n) is 3.33. The third-order valence-corrected chi connectivity index (χ3v) is 5.68. The van der Waals surface area contributed by atoms with Crippen LogP contribution >= 0.6 is 23.2 Å². The third-order valence-electron chi connectivity index (χ3n) is 5.13. The number of nitrogens with one attached hydrogen (secondary N) is 1. The number of rotatable bonds is 5. The molecule has 0 saturated carbocycles. The van der Waals surface area contributed by atoms with Crippen molar-refractivity contribution in [3.8, 4) is 0 Å². The first-order chi connectivity index (χ1) is 13.7. The van der Waals surface area contributed by atoms with E-state index in [0.717, 1.165) is 43.5 Å². The standard InChI is InChI=1S/C21H27Cl2N5O/c1-13(2)20-24-14(3)11-19(26-20)28-9-7-27(8-10-28)15(4)21(29)25-18-6-5-16(22)12-17(18)23/h5-6,11-13,15H,7-10H2,1-4H3,(H,25,29). The number of hydrogen-bond donors (Lipinski definition) is 1. The van der Waals surface area contributed by atoms with Gasteiger partial charge >= 0.3 is 0 Å². The first-order valence-electron chi connectivity index (χ1n) is 9.85. The highest BCUT2D eigenvalue weighted by molar-refractivity contribution is 6.36. The molecule has 8 heteroatoms. The molecule has 1 aliphatic rings. The number of carbonyl (C=O) groups is 1. The second-order valence-corrected chi connectivity index (χ2v) is 8.54. The van der Waals surface area contributed by atoms with Crippen molar-refractivity contribution in [3.63, 3.8) is 0 Å². The van der Waals surface area contributed by atoms with Crippen LogP contribution in [0.15, 0.2) is 24.3 Å². The van der Waals surface area contributed by atoms with Crippen molar-refractivity contribution < 1.29 is 4.79 Å². The number of halogens is 2. The van der Waals surface area contributed by atoms with Crippen molar-refractivity contribution in [2.45, 2.75) is 39.7 Å². The largest absolute Gasteiger partial charge is 0.354 e. The highest BCUT2D eigenvalue weighted by atomic mass is 35.5. The van der Waals surface area contributed by atoms with Crippen molar-refractivity contribution in [1.29, 1.82) is 0 Å². The predicted octanol–water partition coefficient (Wildman–Crippen LogP) is 4.36. The maximum Gasteiger partial charge on any atom is 0.241 e. The van der Waals surface area contributed by atoms with Crippen molar-refractivity contribution >= 4 is 40.6 Å².